The number of carbonyl (C=O) groups excluding carboxylic acids is 1. The highest BCUT2D eigenvalue weighted by Gasteiger charge is 2.11. The van der Waals surface area contributed by atoms with Gasteiger partial charge in [-0.2, -0.15) is 0 Å². The van der Waals surface area contributed by atoms with Gasteiger partial charge in [0.25, 0.3) is 0 Å². The first-order valence-corrected chi connectivity index (χ1v) is 6.63. The number of carbonyl (C=O) groups is 1. The van der Waals surface area contributed by atoms with Gasteiger partial charge in [-0.3, -0.25) is 4.79 Å². The number of rotatable bonds is 6. The molecule has 0 saturated heterocycles. The highest BCUT2D eigenvalue weighted by molar-refractivity contribution is 5.92. The number of benzene rings is 1. The highest BCUT2D eigenvalue weighted by Crippen LogP contribution is 2.29. The van der Waals surface area contributed by atoms with Gasteiger partial charge in [0, 0.05) is 17.7 Å². The van der Waals surface area contributed by atoms with Crippen LogP contribution in [0.25, 0.3) is 0 Å². The molecule has 0 aromatic heterocycles. The molecule has 1 unspecified atom stereocenters. The summed E-state index contributed by atoms with van der Waals surface area (Å²) in [7, 11) is 1.64. The molecule has 1 amide bonds. The van der Waals surface area contributed by atoms with Crippen LogP contribution in [0.5, 0.6) is 5.75 Å². The Morgan fingerprint density at radius 2 is 2.11 bits per heavy atom. The van der Waals surface area contributed by atoms with Crippen LogP contribution < -0.4 is 15.8 Å². The number of hydrogen-bond donors (Lipinski definition) is 2. The first-order valence-electron chi connectivity index (χ1n) is 6.63. The number of ether oxygens (including phenoxy) is 1. The van der Waals surface area contributed by atoms with Crippen molar-refractivity contribution >= 4 is 11.6 Å². The Kier molecular flexibility index (Phi) is 5.83. The van der Waals surface area contributed by atoms with E-state index in [2.05, 4.69) is 5.32 Å². The average Bonchev–Trinajstić information content (AvgIpc) is 2.40. The average molecular weight is 264 g/mol. The summed E-state index contributed by atoms with van der Waals surface area (Å²) in [6, 6.07) is 3.86. The smallest absolute Gasteiger partial charge is 0.224 e. The van der Waals surface area contributed by atoms with Crippen LogP contribution in [0.2, 0.25) is 0 Å². The van der Waals surface area contributed by atoms with Gasteiger partial charge in [0.1, 0.15) is 5.75 Å². The molecule has 0 radical (unpaired) electrons. The number of nitrogens with one attached hydrogen (secondary N) is 1. The Hall–Kier alpha value is -1.55. The van der Waals surface area contributed by atoms with E-state index in [9.17, 15) is 4.79 Å². The summed E-state index contributed by atoms with van der Waals surface area (Å²) >= 11 is 0. The number of methoxy groups -OCH3 is 1. The van der Waals surface area contributed by atoms with E-state index in [0.717, 1.165) is 29.0 Å². The topological polar surface area (TPSA) is 64.3 Å². The predicted molar refractivity (Wildman–Crippen MR) is 78.6 cm³/mol. The summed E-state index contributed by atoms with van der Waals surface area (Å²) in [5.41, 5.74) is 8.38. The Balaban J connectivity index is 2.69. The van der Waals surface area contributed by atoms with Gasteiger partial charge in [-0.25, -0.2) is 0 Å². The molecule has 1 rings (SSSR count). The van der Waals surface area contributed by atoms with Crippen LogP contribution in [-0.4, -0.2) is 19.6 Å². The fourth-order valence-electron chi connectivity index (χ4n) is 1.98. The zero-order chi connectivity index (χ0) is 14.4. The van der Waals surface area contributed by atoms with Gasteiger partial charge in [0.05, 0.1) is 7.11 Å². The van der Waals surface area contributed by atoms with Crippen LogP contribution in [0, 0.1) is 19.8 Å². The second-order valence-electron chi connectivity index (χ2n) is 5.02. The summed E-state index contributed by atoms with van der Waals surface area (Å²) < 4.78 is 5.35. The maximum Gasteiger partial charge on any atom is 0.224 e. The van der Waals surface area contributed by atoms with Crippen molar-refractivity contribution in [3.05, 3.63) is 23.3 Å². The molecule has 106 valence electrons. The van der Waals surface area contributed by atoms with Crippen LogP contribution in [0.1, 0.15) is 30.9 Å². The lowest BCUT2D eigenvalue weighted by Crippen LogP contribution is -2.17. The zero-order valence-corrected chi connectivity index (χ0v) is 12.2. The van der Waals surface area contributed by atoms with Crippen LogP contribution in [-0.2, 0) is 4.79 Å². The van der Waals surface area contributed by atoms with Crippen molar-refractivity contribution < 1.29 is 9.53 Å². The van der Waals surface area contributed by atoms with E-state index in [0.29, 0.717) is 18.9 Å². The molecule has 3 N–H and O–H groups in total. The van der Waals surface area contributed by atoms with Crippen molar-refractivity contribution in [3.63, 3.8) is 0 Å². The molecule has 4 nitrogen and oxygen atoms in total. The van der Waals surface area contributed by atoms with Gasteiger partial charge < -0.3 is 15.8 Å². The molecule has 1 aromatic carbocycles. The van der Waals surface area contributed by atoms with E-state index in [1.54, 1.807) is 7.11 Å². The van der Waals surface area contributed by atoms with Crippen molar-refractivity contribution in [1.82, 2.24) is 0 Å². The molecule has 19 heavy (non-hydrogen) atoms. The van der Waals surface area contributed by atoms with Crippen molar-refractivity contribution in [2.45, 2.75) is 33.6 Å². The third-order valence-electron chi connectivity index (χ3n) is 3.35. The fraction of sp³-hybridized carbons (Fsp3) is 0.533. The van der Waals surface area contributed by atoms with Gasteiger partial charge in [0.15, 0.2) is 0 Å². The molecule has 1 atom stereocenters. The second-order valence-corrected chi connectivity index (χ2v) is 5.02. The molecule has 0 aliphatic heterocycles. The Morgan fingerprint density at radius 3 is 2.68 bits per heavy atom. The van der Waals surface area contributed by atoms with E-state index >= 15 is 0 Å². The highest BCUT2D eigenvalue weighted by atomic mass is 16.5. The largest absolute Gasteiger partial charge is 0.496 e. The van der Waals surface area contributed by atoms with E-state index in [1.807, 2.05) is 32.9 Å². The predicted octanol–water partition coefficient (Wildman–Crippen LogP) is 2.63. The Labute approximate surface area is 115 Å². The van der Waals surface area contributed by atoms with Gasteiger partial charge >= 0.3 is 0 Å². The van der Waals surface area contributed by atoms with Gasteiger partial charge in [-0.1, -0.05) is 13.0 Å². The first-order chi connectivity index (χ1) is 8.99. The van der Waals surface area contributed by atoms with E-state index in [1.165, 1.54) is 0 Å². The number of aryl methyl sites for hydroxylation is 1. The lowest BCUT2D eigenvalue weighted by Gasteiger charge is -2.14. The van der Waals surface area contributed by atoms with Crippen LogP contribution >= 0.6 is 0 Å². The maximum absolute atomic E-state index is 11.9. The fourth-order valence-corrected chi connectivity index (χ4v) is 1.98. The van der Waals surface area contributed by atoms with E-state index in [-0.39, 0.29) is 5.91 Å². The lowest BCUT2D eigenvalue weighted by atomic mass is 10.1. The third-order valence-corrected chi connectivity index (χ3v) is 3.35. The van der Waals surface area contributed by atoms with Crippen molar-refractivity contribution in [3.8, 4) is 5.75 Å². The molecule has 4 heteroatoms. The standard InChI is InChI=1S/C15H24N2O2/c1-10(9-16)5-8-14(18)17-13-7-6-11(2)15(19-4)12(13)3/h6-7,10H,5,8-9,16H2,1-4H3,(H,17,18). The van der Waals surface area contributed by atoms with Crippen molar-refractivity contribution in [2.75, 3.05) is 19.0 Å². The summed E-state index contributed by atoms with van der Waals surface area (Å²) in [4.78, 5) is 11.9. The third kappa shape index (κ3) is 4.24. The normalized spacial score (nSPS) is 12.1. The van der Waals surface area contributed by atoms with Gasteiger partial charge in [-0.15, -0.1) is 0 Å². The number of amides is 1. The molecule has 0 bridgehead atoms. The first kappa shape index (κ1) is 15.5. The van der Waals surface area contributed by atoms with Crippen LogP contribution in [0.4, 0.5) is 5.69 Å². The van der Waals surface area contributed by atoms with Crippen molar-refractivity contribution in [1.29, 1.82) is 0 Å². The van der Waals surface area contributed by atoms with Crippen LogP contribution in [0.15, 0.2) is 12.1 Å². The summed E-state index contributed by atoms with van der Waals surface area (Å²) in [5, 5.41) is 2.93. The number of hydrogen-bond acceptors (Lipinski definition) is 3. The summed E-state index contributed by atoms with van der Waals surface area (Å²) in [6.45, 7) is 6.60. The monoisotopic (exact) mass is 264 g/mol. The number of anilines is 1. The molecule has 0 fully saturated rings. The minimum absolute atomic E-state index is 0.0225. The van der Waals surface area contributed by atoms with E-state index < -0.39 is 0 Å². The second kappa shape index (κ2) is 7.14. The maximum atomic E-state index is 11.9. The van der Waals surface area contributed by atoms with Gasteiger partial charge in [-0.05, 0) is 44.4 Å². The summed E-state index contributed by atoms with van der Waals surface area (Å²) in [6.07, 6.45) is 1.30. The van der Waals surface area contributed by atoms with Gasteiger partial charge in [0.2, 0.25) is 5.91 Å². The molecule has 0 aliphatic rings. The Morgan fingerprint density at radius 1 is 1.42 bits per heavy atom. The van der Waals surface area contributed by atoms with E-state index in [4.69, 9.17) is 10.5 Å². The van der Waals surface area contributed by atoms with Crippen LogP contribution in [0.3, 0.4) is 0 Å². The Bertz CT molecular complexity index is 444. The molecule has 0 spiro atoms. The molecule has 1 aromatic rings. The lowest BCUT2D eigenvalue weighted by molar-refractivity contribution is -0.116. The summed E-state index contributed by atoms with van der Waals surface area (Å²) in [5.74, 6) is 1.22. The SMILES string of the molecule is COc1c(C)ccc(NC(=O)CCC(C)CN)c1C. The molecular formula is C15H24N2O2. The minimum atomic E-state index is 0.0225. The zero-order valence-electron chi connectivity index (χ0n) is 12.2. The molecule has 0 heterocycles. The van der Waals surface area contributed by atoms with Crippen molar-refractivity contribution in [2.24, 2.45) is 11.7 Å². The number of nitrogens with two attached hydrogens (primary N) is 1. The quantitative estimate of drug-likeness (QED) is 0.830. The minimum Gasteiger partial charge on any atom is -0.496 e. The molecular weight excluding hydrogens is 240 g/mol. The molecule has 0 saturated carbocycles. The molecule has 0 aliphatic carbocycles.